The number of hydrogen-bond acceptors (Lipinski definition) is 4. The number of halogens is 6. The maximum Gasteiger partial charge on any atom is 0.430 e. The van der Waals surface area contributed by atoms with Crippen LogP contribution in [0.15, 0.2) is 47.4 Å². The van der Waals surface area contributed by atoms with Gasteiger partial charge in [0.25, 0.3) is 5.60 Å². The molecule has 0 saturated carbocycles. The van der Waals surface area contributed by atoms with Crippen molar-refractivity contribution >= 4 is 21.4 Å². The Morgan fingerprint density at radius 3 is 1.94 bits per heavy atom. The Labute approximate surface area is 199 Å². The highest BCUT2D eigenvalue weighted by atomic mass is 32.2. The molecule has 1 amide bonds. The first kappa shape index (κ1) is 28.6. The molecule has 0 fully saturated rings. The Morgan fingerprint density at radius 1 is 0.971 bits per heavy atom. The maximum absolute atomic E-state index is 14.1. The van der Waals surface area contributed by atoms with E-state index < -0.39 is 51.8 Å². The van der Waals surface area contributed by atoms with Gasteiger partial charge in [0.2, 0.25) is 5.91 Å². The molecule has 194 valence electrons. The number of anilines is 1. The average Bonchev–Trinajstić information content (AvgIpc) is 2.72. The SMILES string of the molecule is CCS(=O)(=O)c1ccc(-c2cc(C(OCC(C)C)(C(F)(F)F)C(F)(F)F)ccc2NC(C)=O)cc1. The fourth-order valence-electron chi connectivity index (χ4n) is 3.34. The highest BCUT2D eigenvalue weighted by Gasteiger charge is 2.73. The molecule has 5 nitrogen and oxygen atoms in total. The molecule has 0 saturated heterocycles. The van der Waals surface area contributed by atoms with Gasteiger partial charge in [-0.15, -0.1) is 0 Å². The molecule has 0 aromatic heterocycles. The third-order valence-electron chi connectivity index (χ3n) is 5.07. The first-order valence-electron chi connectivity index (χ1n) is 10.5. The van der Waals surface area contributed by atoms with E-state index in [-0.39, 0.29) is 27.5 Å². The number of carbonyl (C=O) groups excluding carboxylic acids is 1. The lowest BCUT2D eigenvalue weighted by atomic mass is 9.88. The number of hydrogen-bond donors (Lipinski definition) is 1. The van der Waals surface area contributed by atoms with E-state index in [0.29, 0.717) is 12.1 Å². The summed E-state index contributed by atoms with van der Waals surface area (Å²) in [7, 11) is -3.60. The summed E-state index contributed by atoms with van der Waals surface area (Å²) in [4.78, 5) is 11.6. The summed E-state index contributed by atoms with van der Waals surface area (Å²) in [6.07, 6.45) is -11.7. The van der Waals surface area contributed by atoms with Gasteiger partial charge < -0.3 is 10.1 Å². The van der Waals surface area contributed by atoms with Crippen LogP contribution < -0.4 is 5.32 Å². The lowest BCUT2D eigenvalue weighted by Gasteiger charge is -2.38. The summed E-state index contributed by atoms with van der Waals surface area (Å²) in [5, 5.41) is 2.37. The summed E-state index contributed by atoms with van der Waals surface area (Å²) in [6.45, 7) is 4.54. The molecule has 0 radical (unpaired) electrons. The van der Waals surface area contributed by atoms with Crippen molar-refractivity contribution in [2.75, 3.05) is 17.7 Å². The molecule has 12 heteroatoms. The lowest BCUT2D eigenvalue weighted by molar-refractivity contribution is -0.391. The summed E-state index contributed by atoms with van der Waals surface area (Å²) in [6, 6.07) is 7.04. The van der Waals surface area contributed by atoms with E-state index in [1.54, 1.807) is 0 Å². The summed E-state index contributed by atoms with van der Waals surface area (Å²) >= 11 is 0. The van der Waals surface area contributed by atoms with Crippen LogP contribution in [0.5, 0.6) is 0 Å². The minimum Gasteiger partial charge on any atom is -0.354 e. The molecule has 0 spiro atoms. The molecule has 1 N–H and O–H groups in total. The monoisotopic (exact) mass is 525 g/mol. The number of benzene rings is 2. The molecule has 35 heavy (non-hydrogen) atoms. The fraction of sp³-hybridized carbons (Fsp3) is 0.435. The normalized spacial score (nSPS) is 13.2. The third kappa shape index (κ3) is 5.97. The minimum absolute atomic E-state index is 0.0607. The lowest BCUT2D eigenvalue weighted by Crippen LogP contribution is -2.56. The second-order valence-electron chi connectivity index (χ2n) is 8.25. The smallest absolute Gasteiger partial charge is 0.354 e. The van der Waals surface area contributed by atoms with Crippen LogP contribution in [-0.2, 0) is 25.0 Å². The molecule has 2 aromatic carbocycles. The van der Waals surface area contributed by atoms with Crippen LogP contribution >= 0.6 is 0 Å². The summed E-state index contributed by atoms with van der Waals surface area (Å²) in [5.41, 5.74) is -6.00. The molecule has 0 aliphatic rings. The number of nitrogens with one attached hydrogen (secondary N) is 1. The molecule has 0 heterocycles. The van der Waals surface area contributed by atoms with Crippen molar-refractivity contribution in [2.24, 2.45) is 5.92 Å². The highest BCUT2D eigenvalue weighted by molar-refractivity contribution is 7.91. The minimum atomic E-state index is -5.87. The standard InChI is InChI=1S/C23H25F6NO4S/c1-5-35(32,33)18-9-6-16(7-10-18)19-12-17(8-11-20(19)30-15(4)31)21(22(24,25)26,23(27,28)29)34-13-14(2)3/h6-12,14H,5,13H2,1-4H3,(H,30,31). The summed E-state index contributed by atoms with van der Waals surface area (Å²) in [5.74, 6) is -1.45. The molecule has 0 aliphatic heterocycles. The van der Waals surface area contributed by atoms with Crippen LogP contribution in [0.4, 0.5) is 32.0 Å². The van der Waals surface area contributed by atoms with E-state index in [4.69, 9.17) is 0 Å². The van der Waals surface area contributed by atoms with Gasteiger partial charge in [-0.3, -0.25) is 4.79 Å². The van der Waals surface area contributed by atoms with E-state index in [9.17, 15) is 39.6 Å². The van der Waals surface area contributed by atoms with E-state index in [2.05, 4.69) is 10.1 Å². The zero-order valence-corrected chi connectivity index (χ0v) is 20.2. The van der Waals surface area contributed by atoms with Crippen molar-refractivity contribution in [1.29, 1.82) is 0 Å². The van der Waals surface area contributed by atoms with Gasteiger partial charge >= 0.3 is 12.4 Å². The van der Waals surface area contributed by atoms with Gasteiger partial charge in [-0.25, -0.2) is 8.42 Å². The topological polar surface area (TPSA) is 72.5 Å². The second kappa shape index (κ2) is 10.2. The Kier molecular flexibility index (Phi) is 8.33. The van der Waals surface area contributed by atoms with E-state index >= 15 is 0 Å². The van der Waals surface area contributed by atoms with Gasteiger partial charge in [-0.05, 0) is 35.7 Å². The highest BCUT2D eigenvalue weighted by Crippen LogP contribution is 2.54. The van der Waals surface area contributed by atoms with Crippen molar-refractivity contribution in [3.8, 4) is 11.1 Å². The molecule has 0 bridgehead atoms. The van der Waals surface area contributed by atoms with Gasteiger partial charge in [-0.2, -0.15) is 26.3 Å². The van der Waals surface area contributed by atoms with Gasteiger partial charge in [0.15, 0.2) is 9.84 Å². The third-order valence-corrected chi connectivity index (χ3v) is 6.82. The Morgan fingerprint density at radius 2 is 1.51 bits per heavy atom. The number of ether oxygens (including phenoxy) is 1. The second-order valence-corrected chi connectivity index (χ2v) is 10.5. The molecule has 0 atom stereocenters. The molecule has 2 rings (SSSR count). The van der Waals surface area contributed by atoms with Gasteiger partial charge in [0.05, 0.1) is 17.3 Å². The summed E-state index contributed by atoms with van der Waals surface area (Å²) < 4.78 is 113. The Hall–Kier alpha value is -2.60. The van der Waals surface area contributed by atoms with E-state index in [1.807, 2.05) is 0 Å². The molecule has 0 aliphatic carbocycles. The van der Waals surface area contributed by atoms with Crippen LogP contribution in [-0.4, -0.2) is 39.0 Å². The predicted octanol–water partition coefficient (Wildman–Crippen LogP) is 6.10. The molecule has 0 unspecified atom stereocenters. The van der Waals surface area contributed by atoms with Crippen molar-refractivity contribution in [3.05, 3.63) is 48.0 Å². The average molecular weight is 526 g/mol. The number of sulfone groups is 1. The molecular weight excluding hydrogens is 500 g/mol. The van der Waals surface area contributed by atoms with E-state index in [1.165, 1.54) is 45.0 Å². The van der Waals surface area contributed by atoms with Gasteiger partial charge in [0.1, 0.15) is 0 Å². The first-order chi connectivity index (χ1) is 16.0. The van der Waals surface area contributed by atoms with Crippen LogP contribution in [0.1, 0.15) is 33.3 Å². The number of rotatable bonds is 8. The number of carbonyl (C=O) groups is 1. The molecule has 2 aromatic rings. The number of alkyl halides is 6. The zero-order valence-electron chi connectivity index (χ0n) is 19.3. The maximum atomic E-state index is 14.1. The van der Waals surface area contributed by atoms with Gasteiger partial charge in [0, 0.05) is 23.7 Å². The zero-order chi connectivity index (χ0) is 26.8. The van der Waals surface area contributed by atoms with Crippen molar-refractivity contribution in [2.45, 2.75) is 50.5 Å². The Balaban J connectivity index is 2.82. The van der Waals surface area contributed by atoms with E-state index in [0.717, 1.165) is 13.0 Å². The fourth-order valence-corrected chi connectivity index (χ4v) is 4.22. The Bertz CT molecular complexity index is 1140. The van der Waals surface area contributed by atoms with Gasteiger partial charge in [-0.1, -0.05) is 39.0 Å². The van der Waals surface area contributed by atoms with Crippen LogP contribution in [0.2, 0.25) is 0 Å². The van der Waals surface area contributed by atoms with Crippen LogP contribution in [0.3, 0.4) is 0 Å². The molecular formula is C23H25F6NO4S. The largest absolute Gasteiger partial charge is 0.430 e. The predicted molar refractivity (Wildman–Crippen MR) is 118 cm³/mol. The number of amides is 1. The van der Waals surface area contributed by atoms with Crippen LogP contribution in [0.25, 0.3) is 11.1 Å². The quantitative estimate of drug-likeness (QED) is 0.423. The van der Waals surface area contributed by atoms with Crippen molar-refractivity contribution in [3.63, 3.8) is 0 Å². The van der Waals surface area contributed by atoms with Crippen LogP contribution in [0, 0.1) is 5.92 Å². The van der Waals surface area contributed by atoms with Crippen molar-refractivity contribution in [1.82, 2.24) is 0 Å². The van der Waals surface area contributed by atoms with Crippen molar-refractivity contribution < 1.29 is 44.3 Å². The first-order valence-corrected chi connectivity index (χ1v) is 12.1.